The summed E-state index contributed by atoms with van der Waals surface area (Å²) >= 11 is 1.51. The average molecular weight is 341 g/mol. The Labute approximate surface area is 145 Å². The second-order valence-corrected chi connectivity index (χ2v) is 7.06. The maximum Gasteiger partial charge on any atom is 0.242 e. The Morgan fingerprint density at radius 2 is 1.79 bits per heavy atom. The minimum Gasteiger partial charge on any atom is -0.341 e. The molecular formula is C18H19N3O2S. The smallest absolute Gasteiger partial charge is 0.242 e. The molecule has 0 N–H and O–H groups in total. The number of anilines is 1. The molecule has 6 heteroatoms. The average Bonchev–Trinajstić information content (AvgIpc) is 3.27. The molecule has 1 aromatic heterocycles. The zero-order valence-corrected chi connectivity index (χ0v) is 14.2. The third kappa shape index (κ3) is 2.71. The highest BCUT2D eigenvalue weighted by atomic mass is 32.2. The molecule has 0 saturated carbocycles. The van der Waals surface area contributed by atoms with Crippen LogP contribution in [0.4, 0.5) is 5.69 Å². The number of para-hydroxylation sites is 2. The topological polar surface area (TPSA) is 45.6 Å². The standard InChI is InChI=1S/C18H19N3O2S/c22-16(19-9-3-4-10-19)12-21-15-7-2-1-6-14(15)20-11-5-8-18(20)24-13-17(21)23/h1-2,5-8,11H,3-4,9-10,12-13H2. The van der Waals surface area contributed by atoms with Crippen LogP contribution in [0.3, 0.4) is 0 Å². The van der Waals surface area contributed by atoms with E-state index in [2.05, 4.69) is 4.57 Å². The number of carbonyl (C=O) groups is 2. The lowest BCUT2D eigenvalue weighted by Gasteiger charge is -2.29. The van der Waals surface area contributed by atoms with Crippen molar-refractivity contribution in [3.8, 4) is 5.69 Å². The molecule has 1 aromatic carbocycles. The molecule has 1 fully saturated rings. The molecule has 4 rings (SSSR count). The number of benzene rings is 1. The van der Waals surface area contributed by atoms with E-state index in [1.165, 1.54) is 11.8 Å². The minimum atomic E-state index is -0.0209. The molecule has 5 nitrogen and oxygen atoms in total. The van der Waals surface area contributed by atoms with Crippen LogP contribution in [0.1, 0.15) is 12.8 Å². The first-order chi connectivity index (χ1) is 11.7. The summed E-state index contributed by atoms with van der Waals surface area (Å²) in [6.45, 7) is 1.73. The Morgan fingerprint density at radius 3 is 2.58 bits per heavy atom. The predicted octanol–water partition coefficient (Wildman–Crippen LogP) is 2.54. The molecule has 0 unspecified atom stereocenters. The zero-order chi connectivity index (χ0) is 16.5. The highest BCUT2D eigenvalue weighted by Crippen LogP contribution is 2.33. The second kappa shape index (κ2) is 6.36. The lowest BCUT2D eigenvalue weighted by Crippen LogP contribution is -2.43. The Bertz CT molecular complexity index is 780. The summed E-state index contributed by atoms with van der Waals surface area (Å²) < 4.78 is 2.08. The number of carbonyl (C=O) groups excluding carboxylic acids is 2. The van der Waals surface area contributed by atoms with Crippen LogP contribution in [0.15, 0.2) is 47.6 Å². The highest BCUT2D eigenvalue weighted by molar-refractivity contribution is 7.99. The number of hydrogen-bond acceptors (Lipinski definition) is 3. The van der Waals surface area contributed by atoms with Crippen molar-refractivity contribution >= 4 is 29.3 Å². The van der Waals surface area contributed by atoms with Gasteiger partial charge in [0.2, 0.25) is 11.8 Å². The SMILES string of the molecule is O=C(CN1C(=O)CSc2cccn2-c2ccccc21)N1CCCC1. The Morgan fingerprint density at radius 1 is 1.04 bits per heavy atom. The van der Waals surface area contributed by atoms with Gasteiger partial charge >= 0.3 is 0 Å². The molecule has 0 bridgehead atoms. The number of rotatable bonds is 2. The molecule has 24 heavy (non-hydrogen) atoms. The van der Waals surface area contributed by atoms with Crippen molar-refractivity contribution in [3.05, 3.63) is 42.6 Å². The number of aromatic nitrogens is 1. The van der Waals surface area contributed by atoms with Gasteiger partial charge in [0.25, 0.3) is 0 Å². The van der Waals surface area contributed by atoms with Gasteiger partial charge in [-0.1, -0.05) is 23.9 Å². The van der Waals surface area contributed by atoms with Crippen LogP contribution in [0.2, 0.25) is 0 Å². The summed E-state index contributed by atoms with van der Waals surface area (Å²) in [6, 6.07) is 11.8. The van der Waals surface area contributed by atoms with E-state index in [1.807, 2.05) is 47.5 Å². The third-order valence-electron chi connectivity index (χ3n) is 4.54. The molecule has 2 aliphatic heterocycles. The van der Waals surface area contributed by atoms with Crippen LogP contribution in [0, 0.1) is 0 Å². The number of amides is 2. The Balaban J connectivity index is 1.71. The van der Waals surface area contributed by atoms with Crippen molar-refractivity contribution in [1.29, 1.82) is 0 Å². The number of fused-ring (bicyclic) bond motifs is 3. The van der Waals surface area contributed by atoms with E-state index in [4.69, 9.17) is 0 Å². The summed E-state index contributed by atoms with van der Waals surface area (Å²) in [6.07, 6.45) is 4.11. The van der Waals surface area contributed by atoms with Gasteiger partial charge in [0.15, 0.2) is 0 Å². The van der Waals surface area contributed by atoms with Crippen LogP contribution >= 0.6 is 11.8 Å². The number of thioether (sulfide) groups is 1. The van der Waals surface area contributed by atoms with E-state index in [1.54, 1.807) is 4.90 Å². The fraction of sp³-hybridized carbons (Fsp3) is 0.333. The van der Waals surface area contributed by atoms with Gasteiger partial charge in [-0.15, -0.1) is 0 Å². The van der Waals surface area contributed by atoms with Gasteiger partial charge in [-0.3, -0.25) is 9.59 Å². The van der Waals surface area contributed by atoms with Gasteiger partial charge < -0.3 is 14.4 Å². The molecule has 0 aliphatic carbocycles. The molecule has 1 saturated heterocycles. The van der Waals surface area contributed by atoms with Gasteiger partial charge in [0.1, 0.15) is 6.54 Å². The van der Waals surface area contributed by atoms with Gasteiger partial charge in [-0.25, -0.2) is 0 Å². The van der Waals surface area contributed by atoms with Crippen LogP contribution < -0.4 is 4.90 Å². The zero-order valence-electron chi connectivity index (χ0n) is 13.4. The van der Waals surface area contributed by atoms with E-state index in [0.717, 1.165) is 42.3 Å². The number of hydrogen-bond donors (Lipinski definition) is 0. The summed E-state index contributed by atoms with van der Waals surface area (Å²) in [4.78, 5) is 28.8. The van der Waals surface area contributed by atoms with Crippen LogP contribution in [0.5, 0.6) is 0 Å². The highest BCUT2D eigenvalue weighted by Gasteiger charge is 2.28. The summed E-state index contributed by atoms with van der Waals surface area (Å²) in [5.74, 6) is 0.354. The van der Waals surface area contributed by atoms with Gasteiger partial charge in [0, 0.05) is 19.3 Å². The van der Waals surface area contributed by atoms with E-state index >= 15 is 0 Å². The molecular weight excluding hydrogens is 322 g/mol. The summed E-state index contributed by atoms with van der Waals surface area (Å²) in [5.41, 5.74) is 1.74. The lowest BCUT2D eigenvalue weighted by atomic mass is 10.2. The normalized spacial score (nSPS) is 17.2. The number of likely N-dealkylation sites (tertiary alicyclic amines) is 1. The molecule has 124 valence electrons. The summed E-state index contributed by atoms with van der Waals surface area (Å²) in [5, 5.41) is 1.04. The van der Waals surface area contributed by atoms with E-state index in [9.17, 15) is 9.59 Å². The van der Waals surface area contributed by atoms with Gasteiger partial charge in [-0.2, -0.15) is 0 Å². The first-order valence-electron chi connectivity index (χ1n) is 8.22. The van der Waals surface area contributed by atoms with Crippen LogP contribution in [0.25, 0.3) is 5.69 Å². The molecule has 3 heterocycles. The minimum absolute atomic E-state index is 0.0209. The van der Waals surface area contributed by atoms with Crippen molar-refractivity contribution in [3.63, 3.8) is 0 Å². The third-order valence-corrected chi connectivity index (χ3v) is 5.56. The van der Waals surface area contributed by atoms with Crippen molar-refractivity contribution in [2.24, 2.45) is 0 Å². The quantitative estimate of drug-likeness (QED) is 0.843. The molecule has 0 radical (unpaired) electrons. The van der Waals surface area contributed by atoms with Crippen molar-refractivity contribution < 1.29 is 9.59 Å². The Kier molecular flexibility index (Phi) is 4.06. The maximum atomic E-state index is 12.7. The van der Waals surface area contributed by atoms with E-state index < -0.39 is 0 Å². The van der Waals surface area contributed by atoms with Crippen molar-refractivity contribution in [1.82, 2.24) is 9.47 Å². The monoisotopic (exact) mass is 341 g/mol. The van der Waals surface area contributed by atoms with Gasteiger partial charge in [-0.05, 0) is 37.1 Å². The maximum absolute atomic E-state index is 12.7. The fourth-order valence-corrected chi connectivity index (χ4v) is 4.20. The molecule has 0 atom stereocenters. The van der Waals surface area contributed by atoms with Crippen LogP contribution in [-0.4, -0.2) is 46.7 Å². The number of nitrogens with zero attached hydrogens (tertiary/aromatic N) is 3. The summed E-state index contributed by atoms with van der Waals surface area (Å²) in [7, 11) is 0. The molecule has 2 aliphatic rings. The van der Waals surface area contributed by atoms with Crippen molar-refractivity contribution in [2.75, 3.05) is 30.3 Å². The fourth-order valence-electron chi connectivity index (χ4n) is 3.30. The first kappa shape index (κ1) is 15.3. The Hall–Kier alpha value is -2.21. The van der Waals surface area contributed by atoms with Crippen molar-refractivity contribution in [2.45, 2.75) is 17.9 Å². The molecule has 0 spiro atoms. The molecule has 2 amide bonds. The van der Waals surface area contributed by atoms with E-state index in [0.29, 0.717) is 5.75 Å². The molecule has 2 aromatic rings. The first-order valence-corrected chi connectivity index (χ1v) is 9.20. The van der Waals surface area contributed by atoms with Gasteiger partial charge in [0.05, 0.1) is 22.2 Å². The van der Waals surface area contributed by atoms with E-state index in [-0.39, 0.29) is 18.4 Å². The predicted molar refractivity (Wildman–Crippen MR) is 94.7 cm³/mol. The lowest BCUT2D eigenvalue weighted by molar-refractivity contribution is -0.130. The largest absolute Gasteiger partial charge is 0.341 e. The second-order valence-electron chi connectivity index (χ2n) is 6.06. The van der Waals surface area contributed by atoms with Crippen LogP contribution in [-0.2, 0) is 9.59 Å².